The lowest BCUT2D eigenvalue weighted by Gasteiger charge is -2.11. The highest BCUT2D eigenvalue weighted by atomic mass is 35.5. The number of methoxy groups -OCH3 is 1. The van der Waals surface area contributed by atoms with Crippen LogP contribution in [0.2, 0.25) is 5.02 Å². The van der Waals surface area contributed by atoms with E-state index in [0.29, 0.717) is 27.5 Å². The first-order chi connectivity index (χ1) is 17.6. The lowest BCUT2D eigenvalue weighted by molar-refractivity contribution is -0.385. The van der Waals surface area contributed by atoms with Gasteiger partial charge >= 0.3 is 17.8 Å². The number of rotatable bonds is 7. The minimum Gasteiger partial charge on any atom is -0.493 e. The van der Waals surface area contributed by atoms with Gasteiger partial charge in [0.1, 0.15) is 5.56 Å². The minimum atomic E-state index is -0.999. The number of para-hydroxylation sites is 1. The number of hydrazone groups is 1. The molecule has 37 heavy (non-hydrogen) atoms. The molecule has 11 nitrogen and oxygen atoms in total. The number of benzene rings is 3. The van der Waals surface area contributed by atoms with E-state index < -0.39 is 28.4 Å². The number of nitro groups is 1. The third-order valence-corrected chi connectivity index (χ3v) is 5.56. The zero-order valence-electron chi connectivity index (χ0n) is 19.9. The van der Waals surface area contributed by atoms with E-state index in [1.165, 1.54) is 49.6 Å². The van der Waals surface area contributed by atoms with Crippen LogP contribution in [0.4, 0.5) is 11.4 Å². The lowest BCUT2D eigenvalue weighted by Crippen LogP contribution is -2.33. The molecule has 0 unspecified atom stereocenters. The second-order valence-corrected chi connectivity index (χ2v) is 7.94. The standard InChI is InChI=1S/C25H21ClN4O7/c1-14-18(26)8-6-9-19(14)27-23(31)24(32)29-28-15(2)16-11-12-21(22(13-16)36-3)37-25(33)17-7-4-5-10-20(17)30(34)35/h4-13H,1-3H3,(H,27,31)(H,29,32). The third-order valence-electron chi connectivity index (χ3n) is 5.15. The van der Waals surface area contributed by atoms with Crippen molar-refractivity contribution in [2.45, 2.75) is 13.8 Å². The van der Waals surface area contributed by atoms with Crippen molar-refractivity contribution in [3.63, 3.8) is 0 Å². The van der Waals surface area contributed by atoms with Crippen molar-refractivity contribution in [3.05, 3.63) is 92.5 Å². The molecule has 0 saturated carbocycles. The molecule has 0 heterocycles. The Bertz CT molecular complexity index is 1420. The molecule has 3 aromatic carbocycles. The number of esters is 1. The van der Waals surface area contributed by atoms with E-state index in [0.717, 1.165) is 0 Å². The van der Waals surface area contributed by atoms with Gasteiger partial charge in [0, 0.05) is 22.3 Å². The maximum atomic E-state index is 12.5. The summed E-state index contributed by atoms with van der Waals surface area (Å²) in [4.78, 5) is 47.5. The molecule has 0 atom stereocenters. The number of halogens is 1. The molecule has 3 rings (SSSR count). The van der Waals surface area contributed by atoms with Gasteiger partial charge in [-0.25, -0.2) is 10.2 Å². The van der Waals surface area contributed by atoms with Gasteiger partial charge in [-0.05, 0) is 55.8 Å². The summed E-state index contributed by atoms with van der Waals surface area (Å²) in [6, 6.07) is 14.7. The number of amides is 2. The molecule has 0 spiro atoms. The van der Waals surface area contributed by atoms with E-state index in [4.69, 9.17) is 21.1 Å². The number of hydrogen-bond acceptors (Lipinski definition) is 8. The van der Waals surface area contributed by atoms with Crippen LogP contribution in [0.15, 0.2) is 65.8 Å². The molecule has 190 valence electrons. The van der Waals surface area contributed by atoms with Crippen molar-refractivity contribution in [1.29, 1.82) is 0 Å². The Kier molecular flexibility index (Phi) is 8.54. The smallest absolute Gasteiger partial charge is 0.350 e. The summed E-state index contributed by atoms with van der Waals surface area (Å²) in [6.07, 6.45) is 0. The monoisotopic (exact) mass is 524 g/mol. The van der Waals surface area contributed by atoms with Gasteiger partial charge < -0.3 is 14.8 Å². The van der Waals surface area contributed by atoms with Gasteiger partial charge in [-0.1, -0.05) is 29.8 Å². The molecule has 3 aromatic rings. The van der Waals surface area contributed by atoms with Gasteiger partial charge in [0.25, 0.3) is 5.69 Å². The van der Waals surface area contributed by atoms with E-state index in [1.807, 2.05) is 0 Å². The number of anilines is 1. The molecule has 0 aliphatic heterocycles. The number of carbonyl (C=O) groups is 3. The summed E-state index contributed by atoms with van der Waals surface area (Å²) < 4.78 is 10.6. The van der Waals surface area contributed by atoms with Crippen LogP contribution in [0, 0.1) is 17.0 Å². The molecule has 0 radical (unpaired) electrons. The Morgan fingerprint density at radius 1 is 1.00 bits per heavy atom. The summed E-state index contributed by atoms with van der Waals surface area (Å²) >= 11 is 6.02. The van der Waals surface area contributed by atoms with Crippen LogP contribution in [-0.2, 0) is 9.59 Å². The van der Waals surface area contributed by atoms with E-state index >= 15 is 0 Å². The Morgan fingerprint density at radius 3 is 2.43 bits per heavy atom. The van der Waals surface area contributed by atoms with Crippen molar-refractivity contribution in [1.82, 2.24) is 5.43 Å². The van der Waals surface area contributed by atoms with Crippen molar-refractivity contribution < 1.29 is 28.8 Å². The summed E-state index contributed by atoms with van der Waals surface area (Å²) in [5.41, 5.74) is 3.36. The largest absolute Gasteiger partial charge is 0.493 e. The van der Waals surface area contributed by atoms with Crippen LogP contribution in [0.25, 0.3) is 0 Å². The molecule has 0 aromatic heterocycles. The van der Waals surface area contributed by atoms with Gasteiger partial charge in [-0.2, -0.15) is 5.10 Å². The molecule has 2 amide bonds. The Balaban J connectivity index is 1.71. The van der Waals surface area contributed by atoms with Crippen LogP contribution in [0.1, 0.15) is 28.4 Å². The van der Waals surface area contributed by atoms with Crippen molar-refractivity contribution in [3.8, 4) is 11.5 Å². The van der Waals surface area contributed by atoms with Crippen LogP contribution in [0.3, 0.4) is 0 Å². The zero-order valence-corrected chi connectivity index (χ0v) is 20.7. The van der Waals surface area contributed by atoms with Crippen LogP contribution in [0.5, 0.6) is 11.5 Å². The fourth-order valence-electron chi connectivity index (χ4n) is 3.11. The van der Waals surface area contributed by atoms with Crippen LogP contribution >= 0.6 is 11.6 Å². The summed E-state index contributed by atoms with van der Waals surface area (Å²) in [7, 11) is 1.35. The molecular formula is C25H21ClN4O7. The van der Waals surface area contributed by atoms with E-state index in [2.05, 4.69) is 15.8 Å². The Hall–Kier alpha value is -4.77. The summed E-state index contributed by atoms with van der Waals surface area (Å²) in [5, 5.41) is 18.0. The maximum Gasteiger partial charge on any atom is 0.350 e. The topological polar surface area (TPSA) is 149 Å². The number of nitrogens with zero attached hydrogens (tertiary/aromatic N) is 2. The first-order valence-corrected chi connectivity index (χ1v) is 11.0. The fraction of sp³-hybridized carbons (Fsp3) is 0.120. The highest BCUT2D eigenvalue weighted by Crippen LogP contribution is 2.30. The second-order valence-electron chi connectivity index (χ2n) is 7.53. The fourth-order valence-corrected chi connectivity index (χ4v) is 3.28. The maximum absolute atomic E-state index is 12.5. The first kappa shape index (κ1) is 26.8. The number of nitrogens with one attached hydrogen (secondary N) is 2. The zero-order chi connectivity index (χ0) is 27.1. The third kappa shape index (κ3) is 6.47. The van der Waals surface area contributed by atoms with Gasteiger partial charge in [0.15, 0.2) is 11.5 Å². The van der Waals surface area contributed by atoms with Crippen molar-refractivity contribution in [2.75, 3.05) is 12.4 Å². The van der Waals surface area contributed by atoms with Gasteiger partial charge in [0.05, 0.1) is 17.7 Å². The van der Waals surface area contributed by atoms with Gasteiger partial charge in [-0.3, -0.25) is 19.7 Å². The highest BCUT2D eigenvalue weighted by Gasteiger charge is 2.22. The number of nitro benzene ring substituents is 1. The van der Waals surface area contributed by atoms with E-state index in [-0.39, 0.29) is 17.1 Å². The normalized spacial score (nSPS) is 10.9. The SMILES string of the molecule is COc1cc(C(C)=NNC(=O)C(=O)Nc2cccc(Cl)c2C)ccc1OC(=O)c1ccccc1[N+](=O)[O-]. The van der Waals surface area contributed by atoms with Crippen molar-refractivity contribution >= 4 is 46.5 Å². The quantitative estimate of drug-likeness (QED) is 0.117. The average molecular weight is 525 g/mol. The Labute approximate surface area is 216 Å². The van der Waals surface area contributed by atoms with E-state index in [1.54, 1.807) is 32.0 Å². The van der Waals surface area contributed by atoms with Crippen LogP contribution in [-0.4, -0.2) is 35.5 Å². The van der Waals surface area contributed by atoms with Crippen LogP contribution < -0.4 is 20.2 Å². The lowest BCUT2D eigenvalue weighted by atomic mass is 10.1. The predicted molar refractivity (Wildman–Crippen MR) is 136 cm³/mol. The molecular weight excluding hydrogens is 504 g/mol. The molecule has 0 aliphatic rings. The summed E-state index contributed by atoms with van der Waals surface area (Å²) in [6.45, 7) is 3.28. The molecule has 12 heteroatoms. The van der Waals surface area contributed by atoms with Crippen molar-refractivity contribution in [2.24, 2.45) is 5.10 Å². The number of hydrogen-bond donors (Lipinski definition) is 2. The molecule has 0 saturated heterocycles. The average Bonchev–Trinajstić information content (AvgIpc) is 2.89. The number of ether oxygens (including phenoxy) is 2. The molecule has 0 bridgehead atoms. The van der Waals surface area contributed by atoms with Gasteiger partial charge in [0.2, 0.25) is 0 Å². The van der Waals surface area contributed by atoms with Gasteiger partial charge in [-0.15, -0.1) is 0 Å². The number of carbonyl (C=O) groups excluding carboxylic acids is 3. The first-order valence-electron chi connectivity index (χ1n) is 10.7. The molecule has 0 fully saturated rings. The second kappa shape index (κ2) is 11.8. The summed E-state index contributed by atoms with van der Waals surface area (Å²) in [5.74, 6) is -2.71. The molecule has 2 N–H and O–H groups in total. The minimum absolute atomic E-state index is 0.0162. The van der Waals surface area contributed by atoms with E-state index in [9.17, 15) is 24.5 Å². The molecule has 0 aliphatic carbocycles. The Morgan fingerprint density at radius 2 is 1.73 bits per heavy atom. The highest BCUT2D eigenvalue weighted by molar-refractivity contribution is 6.40. The predicted octanol–water partition coefficient (Wildman–Crippen LogP) is 4.26.